The predicted octanol–water partition coefficient (Wildman–Crippen LogP) is 4.87. The van der Waals surface area contributed by atoms with Crippen LogP contribution in [0, 0.1) is 11.6 Å². The van der Waals surface area contributed by atoms with Gasteiger partial charge in [-0.2, -0.15) is 0 Å². The van der Waals surface area contributed by atoms with Crippen LogP contribution in [0.25, 0.3) is 11.1 Å². The normalized spacial score (nSPS) is 15.6. The molecule has 0 bridgehead atoms. The first kappa shape index (κ1) is 19.1. The van der Waals surface area contributed by atoms with Crippen LogP contribution in [0.5, 0.6) is 5.75 Å². The highest BCUT2D eigenvalue weighted by Gasteiger charge is 2.35. The molecule has 0 aliphatic carbocycles. The number of carboxylic acid groups (broad SMARTS) is 1. The van der Waals surface area contributed by atoms with E-state index in [2.05, 4.69) is 5.32 Å². The minimum absolute atomic E-state index is 0.0178. The minimum Gasteiger partial charge on any atom is -0.497 e. The van der Waals surface area contributed by atoms with Gasteiger partial charge in [0.15, 0.2) is 11.6 Å². The monoisotopic (exact) mass is 415 g/mol. The van der Waals surface area contributed by atoms with E-state index in [4.69, 9.17) is 4.74 Å². The maximum absolute atomic E-state index is 14.4. The Morgan fingerprint density at radius 1 is 1.21 bits per heavy atom. The third-order valence-electron chi connectivity index (χ3n) is 4.84. The lowest BCUT2D eigenvalue weighted by Gasteiger charge is -2.24. The average molecular weight is 415 g/mol. The largest absolute Gasteiger partial charge is 0.497 e. The van der Waals surface area contributed by atoms with E-state index in [1.165, 1.54) is 19.2 Å². The van der Waals surface area contributed by atoms with Crippen LogP contribution in [-0.4, -0.2) is 24.1 Å². The first-order valence-corrected chi connectivity index (χ1v) is 9.50. The number of aromatic carboxylic acids is 1. The Kier molecular flexibility index (Phi) is 4.79. The maximum Gasteiger partial charge on any atom is 0.346 e. The van der Waals surface area contributed by atoms with Gasteiger partial charge >= 0.3 is 5.97 Å². The van der Waals surface area contributed by atoms with Crippen molar-refractivity contribution < 1.29 is 28.2 Å². The third kappa shape index (κ3) is 3.25. The van der Waals surface area contributed by atoms with Crippen molar-refractivity contribution in [3.63, 3.8) is 0 Å². The van der Waals surface area contributed by atoms with Crippen molar-refractivity contribution in [2.24, 2.45) is 0 Å². The molecule has 5 nitrogen and oxygen atoms in total. The fraction of sp³-hybridized carbons (Fsp3) is 0.143. The molecule has 1 atom stereocenters. The summed E-state index contributed by atoms with van der Waals surface area (Å²) in [6.07, 6.45) is -0.102. The van der Waals surface area contributed by atoms with E-state index in [0.717, 1.165) is 17.4 Å². The van der Waals surface area contributed by atoms with E-state index < -0.39 is 29.4 Å². The average Bonchev–Trinajstić information content (AvgIpc) is 3.09. The van der Waals surface area contributed by atoms with Crippen molar-refractivity contribution in [2.45, 2.75) is 12.3 Å². The molecule has 0 fully saturated rings. The molecule has 1 aliphatic heterocycles. The second kappa shape index (κ2) is 7.29. The Bertz CT molecular complexity index is 1120. The number of carbonyl (C=O) groups is 2. The number of amides is 1. The molecule has 2 aromatic carbocycles. The van der Waals surface area contributed by atoms with Crippen LogP contribution in [0.4, 0.5) is 14.5 Å². The number of benzene rings is 2. The van der Waals surface area contributed by atoms with E-state index in [0.29, 0.717) is 27.4 Å². The van der Waals surface area contributed by atoms with Gasteiger partial charge in [0.25, 0.3) is 0 Å². The molecule has 148 valence electrons. The number of thiophene rings is 1. The highest BCUT2D eigenvalue weighted by Crippen LogP contribution is 2.50. The lowest BCUT2D eigenvalue weighted by Crippen LogP contribution is -2.23. The summed E-state index contributed by atoms with van der Waals surface area (Å²) in [5.74, 6) is -3.78. The predicted molar refractivity (Wildman–Crippen MR) is 105 cm³/mol. The standard InChI is InChI=1S/C21H15F2NO4S/c1-28-11-7-5-10(6-8-11)16-18-19(29-20(16)21(26)27)13(9-15(25)24-18)12-3-2-4-14(22)17(12)23/h2-8,13H,9H2,1H3,(H,24,25)(H,26,27). The van der Waals surface area contributed by atoms with Gasteiger partial charge in [-0.05, 0) is 29.3 Å². The van der Waals surface area contributed by atoms with Gasteiger partial charge in [-0.3, -0.25) is 4.79 Å². The zero-order valence-corrected chi connectivity index (χ0v) is 16.0. The molecular formula is C21H15F2NO4S. The zero-order chi connectivity index (χ0) is 20.7. The molecule has 0 spiro atoms. The Hall–Kier alpha value is -3.26. The van der Waals surface area contributed by atoms with Gasteiger partial charge in [0.1, 0.15) is 10.6 Å². The van der Waals surface area contributed by atoms with Crippen molar-refractivity contribution in [1.82, 2.24) is 0 Å². The summed E-state index contributed by atoms with van der Waals surface area (Å²) in [4.78, 5) is 24.8. The van der Waals surface area contributed by atoms with Crippen LogP contribution in [-0.2, 0) is 4.79 Å². The summed E-state index contributed by atoms with van der Waals surface area (Å²) >= 11 is 0.960. The second-order valence-corrected chi connectivity index (χ2v) is 7.58. The Balaban J connectivity index is 1.93. The van der Waals surface area contributed by atoms with Crippen molar-refractivity contribution >= 4 is 28.9 Å². The fourth-order valence-electron chi connectivity index (χ4n) is 3.51. The molecule has 29 heavy (non-hydrogen) atoms. The number of carbonyl (C=O) groups excluding carboxylic acids is 1. The van der Waals surface area contributed by atoms with Crippen molar-refractivity contribution in [1.29, 1.82) is 0 Å². The molecule has 0 saturated heterocycles. The summed E-state index contributed by atoms with van der Waals surface area (Å²) in [5.41, 5.74) is 1.26. The van der Waals surface area contributed by atoms with Gasteiger partial charge < -0.3 is 15.2 Å². The molecule has 1 aromatic heterocycles. The van der Waals surface area contributed by atoms with Gasteiger partial charge in [0, 0.05) is 22.8 Å². The molecule has 3 aromatic rings. The van der Waals surface area contributed by atoms with E-state index >= 15 is 0 Å². The number of anilines is 1. The van der Waals surface area contributed by atoms with Crippen molar-refractivity contribution in [3.8, 4) is 16.9 Å². The first-order chi connectivity index (χ1) is 13.9. The smallest absolute Gasteiger partial charge is 0.346 e. The molecule has 1 amide bonds. The number of methoxy groups -OCH3 is 1. The highest BCUT2D eigenvalue weighted by atomic mass is 32.1. The number of rotatable bonds is 4. The topological polar surface area (TPSA) is 75.6 Å². The van der Waals surface area contributed by atoms with E-state index in [1.54, 1.807) is 24.3 Å². The number of hydrogen-bond donors (Lipinski definition) is 2. The number of ether oxygens (including phenoxy) is 1. The van der Waals surface area contributed by atoms with Gasteiger partial charge in [-0.1, -0.05) is 24.3 Å². The van der Waals surface area contributed by atoms with Crippen LogP contribution in [0.15, 0.2) is 42.5 Å². The lowest BCUT2D eigenvalue weighted by molar-refractivity contribution is -0.116. The Morgan fingerprint density at radius 3 is 2.59 bits per heavy atom. The Morgan fingerprint density at radius 2 is 1.93 bits per heavy atom. The summed E-state index contributed by atoms with van der Waals surface area (Å²) in [5, 5.41) is 12.5. The van der Waals surface area contributed by atoms with Crippen molar-refractivity contribution in [2.75, 3.05) is 12.4 Å². The number of nitrogens with one attached hydrogen (secondary N) is 1. The molecular weight excluding hydrogens is 400 g/mol. The minimum atomic E-state index is -1.16. The Labute approximate surface area is 168 Å². The highest BCUT2D eigenvalue weighted by molar-refractivity contribution is 7.15. The first-order valence-electron chi connectivity index (χ1n) is 8.68. The molecule has 1 aliphatic rings. The summed E-state index contributed by atoms with van der Waals surface area (Å²) in [6, 6.07) is 10.5. The maximum atomic E-state index is 14.4. The lowest BCUT2D eigenvalue weighted by atomic mass is 9.88. The second-order valence-electron chi connectivity index (χ2n) is 6.53. The molecule has 2 N–H and O–H groups in total. The summed E-state index contributed by atoms with van der Waals surface area (Å²) in [7, 11) is 1.52. The molecule has 2 heterocycles. The molecule has 0 radical (unpaired) electrons. The SMILES string of the molecule is COc1ccc(-c2c(C(=O)O)sc3c2NC(=O)CC3c2cccc(F)c2F)cc1. The van der Waals surface area contributed by atoms with Crippen LogP contribution >= 0.6 is 11.3 Å². The number of halogens is 2. The van der Waals surface area contributed by atoms with Gasteiger partial charge in [0.2, 0.25) is 5.91 Å². The third-order valence-corrected chi connectivity index (χ3v) is 6.13. The molecule has 0 saturated carbocycles. The van der Waals surface area contributed by atoms with Gasteiger partial charge in [-0.25, -0.2) is 13.6 Å². The summed E-state index contributed by atoms with van der Waals surface area (Å²) < 4.78 is 33.4. The van der Waals surface area contributed by atoms with Crippen LogP contribution in [0.1, 0.15) is 32.5 Å². The van der Waals surface area contributed by atoms with E-state index in [1.807, 2.05) is 0 Å². The zero-order valence-electron chi connectivity index (χ0n) is 15.2. The molecule has 1 unspecified atom stereocenters. The van der Waals surface area contributed by atoms with Gasteiger partial charge in [0.05, 0.1) is 12.8 Å². The van der Waals surface area contributed by atoms with Crippen LogP contribution in [0.3, 0.4) is 0 Å². The molecule has 4 rings (SSSR count). The van der Waals surface area contributed by atoms with E-state index in [-0.39, 0.29) is 16.9 Å². The molecule has 8 heteroatoms. The number of carboxylic acids is 1. The van der Waals surface area contributed by atoms with E-state index in [9.17, 15) is 23.5 Å². The number of fused-ring (bicyclic) bond motifs is 1. The van der Waals surface area contributed by atoms with Crippen LogP contribution in [0.2, 0.25) is 0 Å². The number of hydrogen-bond acceptors (Lipinski definition) is 4. The van der Waals surface area contributed by atoms with Crippen molar-refractivity contribution in [3.05, 3.63) is 69.4 Å². The van der Waals surface area contributed by atoms with Gasteiger partial charge in [-0.15, -0.1) is 11.3 Å². The fourth-order valence-corrected chi connectivity index (χ4v) is 4.75. The van der Waals surface area contributed by atoms with Crippen LogP contribution < -0.4 is 10.1 Å². The summed E-state index contributed by atoms with van der Waals surface area (Å²) in [6.45, 7) is 0. The quantitative estimate of drug-likeness (QED) is 0.637.